The topological polar surface area (TPSA) is 64.7 Å². The Hall–Kier alpha value is -4.00. The molecule has 0 amide bonds. The number of halogens is 2. The summed E-state index contributed by atoms with van der Waals surface area (Å²) in [6, 6.07) is 12.6. The first-order chi connectivity index (χ1) is 15.0. The van der Waals surface area contributed by atoms with Crippen molar-refractivity contribution in [2.75, 3.05) is 0 Å². The number of benzene rings is 2. The van der Waals surface area contributed by atoms with Crippen molar-refractivity contribution in [1.82, 2.24) is 20.1 Å². The second kappa shape index (κ2) is 7.36. The summed E-state index contributed by atoms with van der Waals surface area (Å²) in [6.45, 7) is 3.66. The third-order valence-corrected chi connectivity index (χ3v) is 5.13. The molecule has 0 bridgehead atoms. The molecule has 0 saturated heterocycles. The molecule has 0 aliphatic heterocycles. The molecule has 2 aromatic carbocycles. The molecule has 0 saturated carbocycles. The van der Waals surface area contributed by atoms with Gasteiger partial charge in [0.25, 0.3) is 0 Å². The van der Waals surface area contributed by atoms with Crippen LogP contribution < -0.4 is 0 Å². The molecule has 7 heteroatoms. The van der Waals surface area contributed by atoms with Crippen LogP contribution in [0.4, 0.5) is 8.78 Å². The van der Waals surface area contributed by atoms with Crippen LogP contribution in [0.1, 0.15) is 11.5 Å². The molecule has 3 aromatic heterocycles. The summed E-state index contributed by atoms with van der Waals surface area (Å²) in [6.07, 6.45) is 3.38. The Morgan fingerprint density at radius 3 is 2.48 bits per heavy atom. The van der Waals surface area contributed by atoms with Crippen LogP contribution in [0.15, 0.2) is 65.4 Å². The fourth-order valence-electron chi connectivity index (χ4n) is 3.66. The van der Waals surface area contributed by atoms with Gasteiger partial charge in [-0.2, -0.15) is 0 Å². The summed E-state index contributed by atoms with van der Waals surface area (Å²) in [5.41, 5.74) is 4.41. The molecule has 0 unspecified atom stereocenters. The number of rotatable bonds is 3. The van der Waals surface area contributed by atoms with Crippen LogP contribution in [0.2, 0.25) is 0 Å². The molecule has 0 radical (unpaired) electrons. The van der Waals surface area contributed by atoms with Crippen LogP contribution in [-0.4, -0.2) is 20.1 Å². The summed E-state index contributed by atoms with van der Waals surface area (Å²) < 4.78 is 33.2. The molecule has 31 heavy (non-hydrogen) atoms. The molecular weight excluding hydrogens is 398 g/mol. The molecule has 152 valence electrons. The van der Waals surface area contributed by atoms with Gasteiger partial charge in [0, 0.05) is 35.0 Å². The van der Waals surface area contributed by atoms with Crippen molar-refractivity contribution in [3.63, 3.8) is 0 Å². The third-order valence-electron chi connectivity index (χ3n) is 5.13. The summed E-state index contributed by atoms with van der Waals surface area (Å²) in [5, 5.41) is 4.77. The van der Waals surface area contributed by atoms with Gasteiger partial charge in [0.15, 0.2) is 5.82 Å². The molecule has 5 rings (SSSR count). The Morgan fingerprint density at radius 2 is 1.77 bits per heavy atom. The van der Waals surface area contributed by atoms with Crippen molar-refractivity contribution in [3.8, 4) is 33.8 Å². The minimum atomic E-state index is -0.633. The van der Waals surface area contributed by atoms with Gasteiger partial charge in [-0.05, 0) is 55.8 Å². The average Bonchev–Trinajstić information content (AvgIpc) is 3.11. The zero-order chi connectivity index (χ0) is 21.5. The number of aryl methyl sites for hydroxylation is 2. The number of hydrogen-bond donors (Lipinski definition) is 0. The van der Waals surface area contributed by atoms with E-state index in [-0.39, 0.29) is 0 Å². The van der Waals surface area contributed by atoms with E-state index in [0.29, 0.717) is 45.0 Å². The number of hydrogen-bond acceptors (Lipinski definition) is 5. The smallest absolute Gasteiger partial charge is 0.161 e. The van der Waals surface area contributed by atoms with Gasteiger partial charge in [0.2, 0.25) is 0 Å². The second-order valence-electron chi connectivity index (χ2n) is 7.19. The predicted molar refractivity (Wildman–Crippen MR) is 113 cm³/mol. The molecule has 3 heterocycles. The lowest BCUT2D eigenvalue weighted by Crippen LogP contribution is -1.97. The zero-order valence-corrected chi connectivity index (χ0v) is 16.7. The van der Waals surface area contributed by atoms with Crippen LogP contribution in [0, 0.1) is 25.5 Å². The normalized spacial score (nSPS) is 11.2. The number of aromatic nitrogens is 4. The van der Waals surface area contributed by atoms with Gasteiger partial charge in [-0.25, -0.2) is 18.7 Å². The molecular formula is C24H16F2N4O. The van der Waals surface area contributed by atoms with E-state index in [9.17, 15) is 8.78 Å². The minimum absolute atomic E-state index is 0.296. The van der Waals surface area contributed by atoms with Crippen LogP contribution in [0.25, 0.3) is 44.7 Å². The Balaban J connectivity index is 1.80. The fraction of sp³-hybridized carbons (Fsp3) is 0.0833. The molecule has 0 aliphatic carbocycles. The van der Waals surface area contributed by atoms with E-state index >= 15 is 0 Å². The van der Waals surface area contributed by atoms with Gasteiger partial charge in [0.05, 0.1) is 22.5 Å². The Morgan fingerprint density at radius 1 is 0.903 bits per heavy atom. The number of fused-ring (bicyclic) bond motifs is 1. The van der Waals surface area contributed by atoms with Crippen molar-refractivity contribution in [3.05, 3.63) is 84.0 Å². The quantitative estimate of drug-likeness (QED) is 0.367. The van der Waals surface area contributed by atoms with E-state index in [0.717, 1.165) is 17.2 Å². The van der Waals surface area contributed by atoms with Crippen LogP contribution in [0.3, 0.4) is 0 Å². The molecule has 0 spiro atoms. The first kappa shape index (κ1) is 19.0. The largest absolute Gasteiger partial charge is 0.361 e. The molecule has 5 nitrogen and oxygen atoms in total. The van der Waals surface area contributed by atoms with Crippen molar-refractivity contribution in [1.29, 1.82) is 0 Å². The maximum Gasteiger partial charge on any atom is 0.161 e. The zero-order valence-electron chi connectivity index (χ0n) is 16.7. The summed E-state index contributed by atoms with van der Waals surface area (Å²) in [4.78, 5) is 13.6. The van der Waals surface area contributed by atoms with E-state index < -0.39 is 11.6 Å². The van der Waals surface area contributed by atoms with Crippen molar-refractivity contribution < 1.29 is 13.3 Å². The molecule has 0 aliphatic rings. The number of pyridine rings is 1. The Kier molecular flexibility index (Phi) is 4.51. The lowest BCUT2D eigenvalue weighted by molar-refractivity contribution is 0.393. The monoisotopic (exact) mass is 414 g/mol. The highest BCUT2D eigenvalue weighted by molar-refractivity contribution is 5.97. The van der Waals surface area contributed by atoms with E-state index in [2.05, 4.69) is 10.1 Å². The van der Waals surface area contributed by atoms with E-state index in [4.69, 9.17) is 14.5 Å². The summed E-state index contributed by atoms with van der Waals surface area (Å²) in [5.74, 6) is -0.127. The Bertz CT molecular complexity index is 1410. The van der Waals surface area contributed by atoms with Crippen LogP contribution >= 0.6 is 0 Å². The van der Waals surface area contributed by atoms with Crippen LogP contribution in [-0.2, 0) is 0 Å². The molecule has 0 N–H and O–H groups in total. The van der Waals surface area contributed by atoms with Crippen LogP contribution in [0.5, 0.6) is 0 Å². The molecule has 0 fully saturated rings. The SMILES string of the molecule is Cc1noc(C)c1-c1nc(-c2cccnc2)nc2ccc(-c3ccc(F)cc3F)cc12. The predicted octanol–water partition coefficient (Wildman–Crippen LogP) is 5.91. The maximum absolute atomic E-state index is 14.4. The maximum atomic E-state index is 14.4. The van der Waals surface area contributed by atoms with Crippen molar-refractivity contribution in [2.45, 2.75) is 13.8 Å². The van der Waals surface area contributed by atoms with Gasteiger partial charge in [-0.1, -0.05) is 11.2 Å². The fourth-order valence-corrected chi connectivity index (χ4v) is 3.66. The standard InChI is InChI=1S/C24H16F2N4O/c1-13-22(14(2)31-30-13)23-19-10-15(18-7-6-17(25)11-20(18)26)5-8-21(19)28-24(29-23)16-4-3-9-27-12-16/h3-12H,1-2H3. The minimum Gasteiger partial charge on any atom is -0.361 e. The lowest BCUT2D eigenvalue weighted by atomic mass is 9.99. The first-order valence-electron chi connectivity index (χ1n) is 9.62. The first-order valence-corrected chi connectivity index (χ1v) is 9.62. The van der Waals surface area contributed by atoms with Crippen molar-refractivity contribution >= 4 is 10.9 Å². The highest BCUT2D eigenvalue weighted by Crippen LogP contribution is 2.35. The van der Waals surface area contributed by atoms with Gasteiger partial charge < -0.3 is 4.52 Å². The van der Waals surface area contributed by atoms with Gasteiger partial charge in [0.1, 0.15) is 17.4 Å². The molecule has 0 atom stereocenters. The Labute approximate surface area is 176 Å². The lowest BCUT2D eigenvalue weighted by Gasteiger charge is -2.11. The second-order valence-corrected chi connectivity index (χ2v) is 7.19. The third kappa shape index (κ3) is 3.34. The number of nitrogens with zero attached hydrogens (tertiary/aromatic N) is 4. The highest BCUT2D eigenvalue weighted by atomic mass is 19.1. The van der Waals surface area contributed by atoms with E-state index in [1.54, 1.807) is 30.6 Å². The van der Waals surface area contributed by atoms with Gasteiger partial charge in [-0.15, -0.1) is 0 Å². The van der Waals surface area contributed by atoms with Gasteiger partial charge in [-0.3, -0.25) is 4.98 Å². The average molecular weight is 414 g/mol. The van der Waals surface area contributed by atoms with E-state index in [1.807, 2.05) is 26.0 Å². The summed E-state index contributed by atoms with van der Waals surface area (Å²) >= 11 is 0. The highest BCUT2D eigenvalue weighted by Gasteiger charge is 2.19. The van der Waals surface area contributed by atoms with E-state index in [1.165, 1.54) is 12.1 Å². The molecule has 5 aromatic rings. The summed E-state index contributed by atoms with van der Waals surface area (Å²) in [7, 11) is 0. The van der Waals surface area contributed by atoms with Crippen molar-refractivity contribution in [2.24, 2.45) is 0 Å². The van der Waals surface area contributed by atoms with Gasteiger partial charge >= 0.3 is 0 Å².